The largest absolute Gasteiger partial charge is 0.395 e. The van der Waals surface area contributed by atoms with Crippen LogP contribution in [-0.4, -0.2) is 74.4 Å². The monoisotopic (exact) mass is 255 g/mol. The van der Waals surface area contributed by atoms with Crippen molar-refractivity contribution in [2.24, 2.45) is 11.8 Å². The number of likely N-dealkylation sites (tertiary alicyclic amines) is 2. The third kappa shape index (κ3) is 4.50. The van der Waals surface area contributed by atoms with Gasteiger partial charge in [0.15, 0.2) is 0 Å². The van der Waals surface area contributed by atoms with Gasteiger partial charge in [0.05, 0.1) is 6.61 Å². The van der Waals surface area contributed by atoms with Crippen LogP contribution in [0.5, 0.6) is 0 Å². The van der Waals surface area contributed by atoms with Gasteiger partial charge in [-0.15, -0.1) is 0 Å². The van der Waals surface area contributed by atoms with Crippen molar-refractivity contribution < 1.29 is 5.11 Å². The molecule has 2 heterocycles. The SMILES string of the molecule is CN1CCC(CN2CCC(CNCCO)C2)CC1. The van der Waals surface area contributed by atoms with E-state index in [0.717, 1.165) is 24.9 Å². The van der Waals surface area contributed by atoms with Crippen LogP contribution in [0.1, 0.15) is 19.3 Å². The van der Waals surface area contributed by atoms with E-state index in [-0.39, 0.29) is 6.61 Å². The molecule has 0 saturated carbocycles. The minimum atomic E-state index is 0.256. The summed E-state index contributed by atoms with van der Waals surface area (Å²) in [5.74, 6) is 1.72. The molecule has 0 spiro atoms. The predicted molar refractivity (Wildman–Crippen MR) is 74.7 cm³/mol. The first-order valence-corrected chi connectivity index (χ1v) is 7.50. The minimum absolute atomic E-state index is 0.256. The summed E-state index contributed by atoms with van der Waals surface area (Å²) in [6.45, 7) is 8.47. The van der Waals surface area contributed by atoms with Crippen molar-refractivity contribution >= 4 is 0 Å². The summed E-state index contributed by atoms with van der Waals surface area (Å²) in [6, 6.07) is 0. The first kappa shape index (κ1) is 14.3. The number of nitrogens with zero attached hydrogens (tertiary/aromatic N) is 2. The van der Waals surface area contributed by atoms with E-state index in [4.69, 9.17) is 5.11 Å². The van der Waals surface area contributed by atoms with Gasteiger partial charge in [-0.25, -0.2) is 0 Å². The molecule has 2 fully saturated rings. The van der Waals surface area contributed by atoms with Gasteiger partial charge in [-0.2, -0.15) is 0 Å². The average molecular weight is 255 g/mol. The molecule has 0 aromatic carbocycles. The van der Waals surface area contributed by atoms with Crippen LogP contribution in [0.4, 0.5) is 0 Å². The number of rotatable bonds is 6. The molecule has 2 rings (SSSR count). The Morgan fingerprint density at radius 2 is 1.83 bits per heavy atom. The fraction of sp³-hybridized carbons (Fsp3) is 1.00. The summed E-state index contributed by atoms with van der Waals surface area (Å²) in [7, 11) is 2.23. The number of hydrogen-bond acceptors (Lipinski definition) is 4. The fourth-order valence-corrected chi connectivity index (χ4v) is 3.24. The van der Waals surface area contributed by atoms with E-state index in [1.807, 2.05) is 0 Å². The first-order valence-electron chi connectivity index (χ1n) is 7.50. The molecule has 0 radical (unpaired) electrons. The lowest BCUT2D eigenvalue weighted by molar-refractivity contribution is 0.173. The summed E-state index contributed by atoms with van der Waals surface area (Å²) < 4.78 is 0. The second kappa shape index (κ2) is 7.43. The van der Waals surface area contributed by atoms with Crippen LogP contribution in [0.2, 0.25) is 0 Å². The number of aliphatic hydroxyl groups excluding tert-OH is 1. The molecular weight excluding hydrogens is 226 g/mol. The van der Waals surface area contributed by atoms with Crippen LogP contribution in [-0.2, 0) is 0 Å². The normalized spacial score (nSPS) is 28.0. The molecule has 2 aliphatic rings. The highest BCUT2D eigenvalue weighted by Crippen LogP contribution is 2.21. The van der Waals surface area contributed by atoms with E-state index in [2.05, 4.69) is 22.2 Å². The van der Waals surface area contributed by atoms with Crippen LogP contribution < -0.4 is 5.32 Å². The lowest BCUT2D eigenvalue weighted by atomic mass is 9.97. The molecular formula is C14H29N3O. The standard InChI is InChI=1S/C14H29N3O/c1-16-6-2-13(3-7-16)11-17-8-4-14(12-17)10-15-5-9-18/h13-15,18H,2-12H2,1H3. The molecule has 0 aromatic rings. The van der Waals surface area contributed by atoms with Gasteiger partial charge in [-0.1, -0.05) is 0 Å². The highest BCUT2D eigenvalue weighted by Gasteiger charge is 2.25. The van der Waals surface area contributed by atoms with Gasteiger partial charge in [0.25, 0.3) is 0 Å². The average Bonchev–Trinajstić information content (AvgIpc) is 2.80. The van der Waals surface area contributed by atoms with Gasteiger partial charge in [-0.3, -0.25) is 0 Å². The Morgan fingerprint density at radius 1 is 1.11 bits per heavy atom. The molecule has 0 amide bonds. The molecule has 2 saturated heterocycles. The summed E-state index contributed by atoms with van der Waals surface area (Å²) in [4.78, 5) is 5.10. The summed E-state index contributed by atoms with van der Waals surface area (Å²) in [5, 5.41) is 12.1. The third-order valence-corrected chi connectivity index (χ3v) is 4.45. The van der Waals surface area contributed by atoms with Gasteiger partial charge < -0.3 is 20.2 Å². The molecule has 0 aromatic heterocycles. The maximum atomic E-state index is 8.75. The Balaban J connectivity index is 1.60. The zero-order valence-corrected chi connectivity index (χ0v) is 11.8. The van der Waals surface area contributed by atoms with Crippen LogP contribution in [0.3, 0.4) is 0 Å². The second-order valence-electron chi connectivity index (χ2n) is 6.09. The summed E-state index contributed by atoms with van der Waals surface area (Å²) >= 11 is 0. The molecule has 2 N–H and O–H groups in total. The van der Waals surface area contributed by atoms with E-state index in [1.54, 1.807) is 0 Å². The van der Waals surface area contributed by atoms with E-state index < -0.39 is 0 Å². The molecule has 2 aliphatic heterocycles. The smallest absolute Gasteiger partial charge is 0.0555 e. The second-order valence-corrected chi connectivity index (χ2v) is 6.09. The maximum absolute atomic E-state index is 8.75. The Bertz CT molecular complexity index is 229. The topological polar surface area (TPSA) is 38.7 Å². The fourth-order valence-electron chi connectivity index (χ4n) is 3.24. The first-order chi connectivity index (χ1) is 8.78. The van der Waals surface area contributed by atoms with Gasteiger partial charge in [0.2, 0.25) is 0 Å². The highest BCUT2D eigenvalue weighted by molar-refractivity contribution is 4.80. The van der Waals surface area contributed by atoms with E-state index in [9.17, 15) is 0 Å². The Morgan fingerprint density at radius 3 is 2.56 bits per heavy atom. The number of aliphatic hydroxyl groups is 1. The van der Waals surface area contributed by atoms with Crippen LogP contribution >= 0.6 is 0 Å². The van der Waals surface area contributed by atoms with Gasteiger partial charge in [0, 0.05) is 19.6 Å². The van der Waals surface area contributed by atoms with Gasteiger partial charge >= 0.3 is 0 Å². The molecule has 106 valence electrons. The Hall–Kier alpha value is -0.160. The van der Waals surface area contributed by atoms with Crippen molar-refractivity contribution in [2.45, 2.75) is 19.3 Å². The Labute approximate surface area is 111 Å². The van der Waals surface area contributed by atoms with Gasteiger partial charge in [-0.05, 0) is 64.3 Å². The van der Waals surface area contributed by atoms with E-state index in [1.165, 1.54) is 52.0 Å². The van der Waals surface area contributed by atoms with Gasteiger partial charge in [0.1, 0.15) is 0 Å². The summed E-state index contributed by atoms with van der Waals surface area (Å²) in [6.07, 6.45) is 4.08. The number of piperidine rings is 1. The maximum Gasteiger partial charge on any atom is 0.0555 e. The van der Waals surface area contributed by atoms with Crippen LogP contribution in [0.25, 0.3) is 0 Å². The van der Waals surface area contributed by atoms with Crippen molar-refractivity contribution in [3.8, 4) is 0 Å². The third-order valence-electron chi connectivity index (χ3n) is 4.45. The number of nitrogens with one attached hydrogen (secondary N) is 1. The van der Waals surface area contributed by atoms with Crippen molar-refractivity contribution in [3.05, 3.63) is 0 Å². The zero-order valence-electron chi connectivity index (χ0n) is 11.8. The molecule has 18 heavy (non-hydrogen) atoms. The Kier molecular flexibility index (Phi) is 5.89. The molecule has 4 nitrogen and oxygen atoms in total. The van der Waals surface area contributed by atoms with Crippen LogP contribution in [0, 0.1) is 11.8 Å². The quantitative estimate of drug-likeness (QED) is 0.667. The van der Waals surface area contributed by atoms with Crippen molar-refractivity contribution in [3.63, 3.8) is 0 Å². The lowest BCUT2D eigenvalue weighted by Gasteiger charge is -2.31. The molecule has 0 bridgehead atoms. The van der Waals surface area contributed by atoms with Crippen LogP contribution in [0.15, 0.2) is 0 Å². The minimum Gasteiger partial charge on any atom is -0.395 e. The lowest BCUT2D eigenvalue weighted by Crippen LogP contribution is -2.36. The summed E-state index contributed by atoms with van der Waals surface area (Å²) in [5.41, 5.74) is 0. The molecule has 1 unspecified atom stereocenters. The predicted octanol–water partition coefficient (Wildman–Crippen LogP) is 0.232. The van der Waals surface area contributed by atoms with E-state index in [0.29, 0.717) is 0 Å². The molecule has 0 aliphatic carbocycles. The zero-order chi connectivity index (χ0) is 12.8. The number of hydrogen-bond donors (Lipinski definition) is 2. The highest BCUT2D eigenvalue weighted by atomic mass is 16.3. The van der Waals surface area contributed by atoms with Crippen molar-refractivity contribution in [1.82, 2.24) is 15.1 Å². The molecule has 1 atom stereocenters. The molecule has 4 heteroatoms. The van der Waals surface area contributed by atoms with E-state index >= 15 is 0 Å². The van der Waals surface area contributed by atoms with Crippen molar-refractivity contribution in [1.29, 1.82) is 0 Å². The van der Waals surface area contributed by atoms with Crippen molar-refractivity contribution in [2.75, 3.05) is 59.5 Å².